The van der Waals surface area contributed by atoms with Gasteiger partial charge in [-0.2, -0.15) is 0 Å². The first kappa shape index (κ1) is 14.2. The Kier molecular flexibility index (Phi) is 3.94. The van der Waals surface area contributed by atoms with Crippen molar-refractivity contribution in [1.29, 1.82) is 0 Å². The number of fused-ring (bicyclic) bond motifs is 1. The van der Waals surface area contributed by atoms with Crippen LogP contribution in [0.1, 0.15) is 23.4 Å². The van der Waals surface area contributed by atoms with Gasteiger partial charge in [-0.1, -0.05) is 0 Å². The lowest BCUT2D eigenvalue weighted by atomic mass is 10.2. The zero-order chi connectivity index (χ0) is 15.5. The minimum Gasteiger partial charge on any atom is -0.348 e. The molecule has 0 N–H and O–H groups in total. The van der Waals surface area contributed by atoms with Crippen LogP contribution in [0.2, 0.25) is 0 Å². The first-order chi connectivity index (χ1) is 11.4. The van der Waals surface area contributed by atoms with Crippen molar-refractivity contribution in [3.8, 4) is 0 Å². The Balaban J connectivity index is 1.54. The summed E-state index contributed by atoms with van der Waals surface area (Å²) < 4.78 is 4.51. The van der Waals surface area contributed by atoms with Gasteiger partial charge in [0.05, 0.1) is 24.3 Å². The van der Waals surface area contributed by atoms with Crippen LogP contribution < -0.4 is 0 Å². The molecule has 4 rings (SSSR count). The highest BCUT2D eigenvalue weighted by Gasteiger charge is 2.18. The van der Waals surface area contributed by atoms with Crippen LogP contribution in [0.25, 0.3) is 0 Å². The van der Waals surface area contributed by atoms with Crippen LogP contribution >= 0.6 is 0 Å². The van der Waals surface area contributed by atoms with Crippen molar-refractivity contribution in [2.45, 2.75) is 32.6 Å². The number of aryl methyl sites for hydroxylation is 1. The van der Waals surface area contributed by atoms with Crippen molar-refractivity contribution >= 4 is 0 Å². The molecule has 3 aromatic heterocycles. The van der Waals surface area contributed by atoms with Crippen LogP contribution in [0.5, 0.6) is 0 Å². The Morgan fingerprint density at radius 3 is 2.65 bits per heavy atom. The lowest BCUT2D eigenvalue weighted by Gasteiger charge is -2.20. The van der Waals surface area contributed by atoms with Gasteiger partial charge in [0.1, 0.15) is 0 Å². The maximum absolute atomic E-state index is 4.66. The number of hydrogen-bond acceptors (Lipinski definition) is 3. The summed E-state index contributed by atoms with van der Waals surface area (Å²) in [5, 5.41) is 0. The van der Waals surface area contributed by atoms with Gasteiger partial charge in [-0.15, -0.1) is 0 Å². The van der Waals surface area contributed by atoms with Crippen molar-refractivity contribution in [2.75, 3.05) is 6.54 Å². The number of pyridine rings is 1. The fourth-order valence-electron chi connectivity index (χ4n) is 3.24. The smallest absolute Gasteiger partial charge is 0.0952 e. The van der Waals surface area contributed by atoms with Crippen molar-refractivity contribution in [2.24, 2.45) is 0 Å². The molecule has 0 spiro atoms. The Bertz CT molecular complexity index is 745. The largest absolute Gasteiger partial charge is 0.348 e. The molecule has 0 fully saturated rings. The van der Waals surface area contributed by atoms with Crippen LogP contribution in [0, 0.1) is 0 Å². The molecule has 0 amide bonds. The molecule has 1 aliphatic rings. The lowest BCUT2D eigenvalue weighted by Crippen LogP contribution is -2.23. The highest BCUT2D eigenvalue weighted by atomic mass is 15.2. The molecule has 3 aromatic rings. The maximum Gasteiger partial charge on any atom is 0.0952 e. The van der Waals surface area contributed by atoms with Gasteiger partial charge in [0.25, 0.3) is 0 Å². The summed E-state index contributed by atoms with van der Waals surface area (Å²) in [5.74, 6) is 0. The average Bonchev–Trinajstić information content (AvgIpc) is 3.16. The fraction of sp³-hybridized carbons (Fsp3) is 0.333. The van der Waals surface area contributed by atoms with E-state index in [1.807, 2.05) is 18.7 Å². The molecule has 0 unspecified atom stereocenters. The molecular weight excluding hydrogens is 286 g/mol. The van der Waals surface area contributed by atoms with Crippen molar-refractivity contribution in [3.63, 3.8) is 0 Å². The van der Waals surface area contributed by atoms with Crippen molar-refractivity contribution < 1.29 is 0 Å². The van der Waals surface area contributed by atoms with E-state index in [0.29, 0.717) is 0 Å². The summed E-state index contributed by atoms with van der Waals surface area (Å²) in [6, 6.07) is 8.32. The van der Waals surface area contributed by atoms with E-state index in [1.54, 1.807) is 0 Å². The molecule has 0 aliphatic carbocycles. The van der Waals surface area contributed by atoms with E-state index in [9.17, 15) is 0 Å². The molecule has 0 bridgehead atoms. The first-order valence-corrected chi connectivity index (χ1v) is 8.13. The summed E-state index contributed by atoms with van der Waals surface area (Å²) in [6.45, 7) is 4.95. The topological polar surface area (TPSA) is 38.9 Å². The molecule has 0 radical (unpaired) electrons. The van der Waals surface area contributed by atoms with Crippen molar-refractivity contribution in [1.82, 2.24) is 24.0 Å². The van der Waals surface area contributed by atoms with E-state index < -0.39 is 0 Å². The lowest BCUT2D eigenvalue weighted by molar-refractivity contribution is 0.260. The third-order valence-corrected chi connectivity index (χ3v) is 4.43. The average molecular weight is 307 g/mol. The molecule has 0 aromatic carbocycles. The second-order valence-corrected chi connectivity index (χ2v) is 6.11. The summed E-state index contributed by atoms with van der Waals surface area (Å²) in [5.41, 5.74) is 3.85. The molecule has 1 aliphatic heterocycles. The predicted octanol–water partition coefficient (Wildman–Crippen LogP) is 2.53. The summed E-state index contributed by atoms with van der Waals surface area (Å²) >= 11 is 0. The molecule has 118 valence electrons. The maximum atomic E-state index is 4.66. The second-order valence-electron chi connectivity index (χ2n) is 6.11. The highest BCUT2D eigenvalue weighted by molar-refractivity contribution is 5.16. The molecule has 0 saturated heterocycles. The third-order valence-electron chi connectivity index (χ3n) is 4.43. The fourth-order valence-corrected chi connectivity index (χ4v) is 3.24. The predicted molar refractivity (Wildman–Crippen MR) is 88.7 cm³/mol. The van der Waals surface area contributed by atoms with Crippen LogP contribution in [0.15, 0.2) is 55.4 Å². The summed E-state index contributed by atoms with van der Waals surface area (Å²) in [6.07, 6.45) is 11.1. The highest BCUT2D eigenvalue weighted by Crippen LogP contribution is 2.19. The van der Waals surface area contributed by atoms with Gasteiger partial charge >= 0.3 is 0 Å². The number of rotatable bonds is 4. The van der Waals surface area contributed by atoms with Gasteiger partial charge < -0.3 is 9.13 Å². The van der Waals surface area contributed by atoms with Gasteiger partial charge in [0.2, 0.25) is 0 Å². The Morgan fingerprint density at radius 2 is 1.83 bits per heavy atom. The normalized spacial score (nSPS) is 15.3. The SMILES string of the molecule is c1ccn(Cc2ncn3c2CN(Cc2ccncc2)CCC3)c1. The standard InChI is InChI=1S/C18H21N5/c1-2-9-21(8-1)13-17-18-14-22(10-3-11-23(18)15-20-17)12-16-4-6-19-7-5-16/h1-2,4-9,15H,3,10-14H2. The number of hydrogen-bond donors (Lipinski definition) is 0. The Labute approximate surface area is 136 Å². The van der Waals surface area contributed by atoms with Crippen LogP contribution in [-0.2, 0) is 26.2 Å². The number of imidazole rings is 1. The van der Waals surface area contributed by atoms with Gasteiger partial charge in [0, 0.05) is 51.0 Å². The van der Waals surface area contributed by atoms with Crippen LogP contribution in [-0.4, -0.2) is 30.5 Å². The van der Waals surface area contributed by atoms with E-state index in [2.05, 4.69) is 60.7 Å². The molecular formula is C18H21N5. The van der Waals surface area contributed by atoms with Crippen molar-refractivity contribution in [3.05, 3.63) is 72.3 Å². The van der Waals surface area contributed by atoms with E-state index in [4.69, 9.17) is 0 Å². The monoisotopic (exact) mass is 307 g/mol. The van der Waals surface area contributed by atoms with Gasteiger partial charge in [-0.05, 0) is 36.2 Å². The quantitative estimate of drug-likeness (QED) is 0.743. The summed E-state index contributed by atoms with van der Waals surface area (Å²) in [7, 11) is 0. The molecule has 5 nitrogen and oxygen atoms in total. The minimum absolute atomic E-state index is 0.846. The molecule has 4 heterocycles. The van der Waals surface area contributed by atoms with Gasteiger partial charge in [-0.25, -0.2) is 4.98 Å². The number of nitrogens with zero attached hydrogens (tertiary/aromatic N) is 5. The van der Waals surface area contributed by atoms with E-state index >= 15 is 0 Å². The van der Waals surface area contributed by atoms with Crippen LogP contribution in [0.3, 0.4) is 0 Å². The first-order valence-electron chi connectivity index (χ1n) is 8.13. The summed E-state index contributed by atoms with van der Waals surface area (Å²) in [4.78, 5) is 11.3. The third kappa shape index (κ3) is 3.19. The second kappa shape index (κ2) is 6.38. The zero-order valence-electron chi connectivity index (χ0n) is 13.2. The van der Waals surface area contributed by atoms with E-state index in [0.717, 1.165) is 39.1 Å². The van der Waals surface area contributed by atoms with Crippen LogP contribution in [0.4, 0.5) is 0 Å². The van der Waals surface area contributed by atoms with Gasteiger partial charge in [-0.3, -0.25) is 9.88 Å². The Hall–Kier alpha value is -2.40. The molecule has 0 saturated carbocycles. The molecule has 23 heavy (non-hydrogen) atoms. The molecule has 0 atom stereocenters. The number of aromatic nitrogens is 4. The van der Waals surface area contributed by atoms with E-state index in [1.165, 1.54) is 17.0 Å². The van der Waals surface area contributed by atoms with E-state index in [-0.39, 0.29) is 0 Å². The van der Waals surface area contributed by atoms with Gasteiger partial charge in [0.15, 0.2) is 0 Å². The minimum atomic E-state index is 0.846. The molecule has 5 heteroatoms. The zero-order valence-corrected chi connectivity index (χ0v) is 13.2. The Morgan fingerprint density at radius 1 is 1.00 bits per heavy atom.